The molecule has 0 aliphatic carbocycles. The third-order valence-corrected chi connectivity index (χ3v) is 4.60. The van der Waals surface area contributed by atoms with E-state index in [1.165, 1.54) is 29.7 Å². The maximum Gasteiger partial charge on any atom is 0.262 e. The van der Waals surface area contributed by atoms with Crippen molar-refractivity contribution in [2.24, 2.45) is 0 Å². The van der Waals surface area contributed by atoms with Crippen LogP contribution in [0.5, 0.6) is 0 Å². The van der Waals surface area contributed by atoms with Crippen molar-refractivity contribution in [2.45, 2.75) is 26.8 Å². The van der Waals surface area contributed by atoms with Gasteiger partial charge in [0.1, 0.15) is 16.4 Å². The molecule has 0 bridgehead atoms. The van der Waals surface area contributed by atoms with E-state index in [1.54, 1.807) is 4.57 Å². The molecule has 0 radical (unpaired) electrons. The van der Waals surface area contributed by atoms with Gasteiger partial charge in [-0.05, 0) is 31.5 Å². The number of carbonyl (C=O) groups excluding carboxylic acids is 1. The van der Waals surface area contributed by atoms with Crippen LogP contribution in [0, 0.1) is 5.82 Å². The average Bonchev–Trinajstić information content (AvgIpc) is 3.03. The fraction of sp³-hybridized carbons (Fsp3) is 0.250. The first-order valence-electron chi connectivity index (χ1n) is 7.50. The molecule has 3 rings (SSSR count). The zero-order valence-electron chi connectivity index (χ0n) is 13.2. The van der Waals surface area contributed by atoms with Crippen molar-refractivity contribution >= 4 is 33.3 Å². The number of carbonyl (C=O) groups is 1. The number of fused-ring (bicyclic) bond motifs is 1. The van der Waals surface area contributed by atoms with Gasteiger partial charge in [-0.3, -0.25) is 14.9 Å². The van der Waals surface area contributed by atoms with Gasteiger partial charge in [0.25, 0.3) is 5.91 Å². The summed E-state index contributed by atoms with van der Waals surface area (Å²) >= 11 is 1.25. The number of hydrogen-bond donors (Lipinski definition) is 1. The minimum atomic E-state index is -0.577. The molecule has 0 spiro atoms. The van der Waals surface area contributed by atoms with Crippen LogP contribution in [0.4, 0.5) is 9.52 Å². The van der Waals surface area contributed by atoms with E-state index in [4.69, 9.17) is 0 Å². The standard InChI is InChI=1S/C16H15FN4O2S/c1-3-13-19-20-16(24-13)18-15(23)11-8-21(4-2)12-6-5-9(17)7-10(12)14(11)22/h5-8H,3-4H2,1-2H3,(H,18,20,23). The molecule has 0 unspecified atom stereocenters. The highest BCUT2D eigenvalue weighted by Crippen LogP contribution is 2.17. The smallest absolute Gasteiger partial charge is 0.262 e. The van der Waals surface area contributed by atoms with Gasteiger partial charge in [-0.1, -0.05) is 18.3 Å². The molecule has 124 valence electrons. The normalized spacial score (nSPS) is 11.0. The third kappa shape index (κ3) is 2.92. The predicted molar refractivity (Wildman–Crippen MR) is 91.1 cm³/mol. The fourth-order valence-electron chi connectivity index (χ4n) is 2.40. The molecule has 0 atom stereocenters. The van der Waals surface area contributed by atoms with Crippen molar-refractivity contribution in [2.75, 3.05) is 5.32 Å². The van der Waals surface area contributed by atoms with E-state index < -0.39 is 17.2 Å². The van der Waals surface area contributed by atoms with Crippen molar-refractivity contribution in [1.82, 2.24) is 14.8 Å². The van der Waals surface area contributed by atoms with Crippen LogP contribution >= 0.6 is 11.3 Å². The summed E-state index contributed by atoms with van der Waals surface area (Å²) < 4.78 is 15.2. The van der Waals surface area contributed by atoms with E-state index in [1.807, 2.05) is 13.8 Å². The van der Waals surface area contributed by atoms with E-state index in [9.17, 15) is 14.0 Å². The summed E-state index contributed by atoms with van der Waals surface area (Å²) in [7, 11) is 0. The van der Waals surface area contributed by atoms with Gasteiger partial charge in [0, 0.05) is 18.1 Å². The number of benzene rings is 1. The number of aryl methyl sites for hydroxylation is 2. The van der Waals surface area contributed by atoms with Crippen LogP contribution in [0.15, 0.2) is 29.2 Å². The molecule has 0 aliphatic rings. The maximum absolute atomic E-state index is 13.5. The Bertz CT molecular complexity index is 980. The summed E-state index contributed by atoms with van der Waals surface area (Å²) in [5, 5.41) is 11.7. The lowest BCUT2D eigenvalue weighted by atomic mass is 10.1. The van der Waals surface area contributed by atoms with E-state index in [0.29, 0.717) is 23.6 Å². The van der Waals surface area contributed by atoms with Gasteiger partial charge >= 0.3 is 0 Å². The van der Waals surface area contributed by atoms with Gasteiger partial charge < -0.3 is 4.57 Å². The molecule has 2 heterocycles. The van der Waals surface area contributed by atoms with Crippen molar-refractivity contribution in [3.8, 4) is 0 Å². The Labute approximate surface area is 141 Å². The molecule has 1 amide bonds. The third-order valence-electron chi connectivity index (χ3n) is 3.62. The zero-order chi connectivity index (χ0) is 17.3. The summed E-state index contributed by atoms with van der Waals surface area (Å²) in [4.78, 5) is 25.0. The molecule has 2 aromatic heterocycles. The summed E-state index contributed by atoms with van der Waals surface area (Å²) in [5.41, 5.74) is 0.0276. The van der Waals surface area contributed by atoms with Crippen LogP contribution in [-0.4, -0.2) is 20.7 Å². The van der Waals surface area contributed by atoms with Crippen LogP contribution in [0.25, 0.3) is 10.9 Å². The summed E-state index contributed by atoms with van der Waals surface area (Å²) in [6, 6.07) is 3.98. The molecule has 0 saturated heterocycles. The first-order valence-corrected chi connectivity index (χ1v) is 8.31. The van der Waals surface area contributed by atoms with Crippen molar-refractivity contribution in [3.05, 3.63) is 51.0 Å². The second-order valence-electron chi connectivity index (χ2n) is 5.13. The highest BCUT2D eigenvalue weighted by molar-refractivity contribution is 7.15. The lowest BCUT2D eigenvalue weighted by Crippen LogP contribution is -2.24. The maximum atomic E-state index is 13.5. The van der Waals surface area contributed by atoms with Gasteiger partial charge in [0.05, 0.1) is 5.52 Å². The molecule has 3 aromatic rings. The molecule has 6 nitrogen and oxygen atoms in total. The molecule has 0 saturated carbocycles. The minimum absolute atomic E-state index is 0.0526. The molecule has 0 fully saturated rings. The molecule has 8 heteroatoms. The Kier molecular flexibility index (Phi) is 4.39. The van der Waals surface area contributed by atoms with E-state index in [-0.39, 0.29) is 10.9 Å². The second-order valence-corrected chi connectivity index (χ2v) is 6.19. The van der Waals surface area contributed by atoms with Crippen molar-refractivity contribution in [3.63, 3.8) is 0 Å². The lowest BCUT2D eigenvalue weighted by molar-refractivity contribution is 0.102. The van der Waals surface area contributed by atoms with Gasteiger partial charge in [-0.25, -0.2) is 4.39 Å². The average molecular weight is 346 g/mol. The summed E-state index contributed by atoms with van der Waals surface area (Å²) in [6.07, 6.45) is 2.20. The number of anilines is 1. The quantitative estimate of drug-likeness (QED) is 0.788. The molecule has 0 aliphatic heterocycles. The van der Waals surface area contributed by atoms with Gasteiger partial charge in [0.15, 0.2) is 0 Å². The fourth-order valence-corrected chi connectivity index (χ4v) is 3.08. The number of halogens is 1. The number of pyridine rings is 1. The minimum Gasteiger partial charge on any atom is -0.347 e. The van der Waals surface area contributed by atoms with Crippen molar-refractivity contribution < 1.29 is 9.18 Å². The summed E-state index contributed by atoms with van der Waals surface area (Å²) in [6.45, 7) is 4.36. The number of amides is 1. The van der Waals surface area contributed by atoms with Gasteiger partial charge in [-0.2, -0.15) is 0 Å². The summed E-state index contributed by atoms with van der Waals surface area (Å²) in [5.74, 6) is -1.09. The molecule has 1 N–H and O–H groups in total. The van der Waals surface area contributed by atoms with Crippen LogP contribution in [0.2, 0.25) is 0 Å². The van der Waals surface area contributed by atoms with Gasteiger partial charge in [0.2, 0.25) is 10.6 Å². The Morgan fingerprint density at radius 2 is 2.12 bits per heavy atom. The van der Waals surface area contributed by atoms with Crippen LogP contribution in [0.1, 0.15) is 29.2 Å². The molecule has 1 aromatic carbocycles. The largest absolute Gasteiger partial charge is 0.347 e. The Hall–Kier alpha value is -2.61. The Morgan fingerprint density at radius 1 is 1.33 bits per heavy atom. The lowest BCUT2D eigenvalue weighted by Gasteiger charge is -2.11. The number of aromatic nitrogens is 3. The SMILES string of the molecule is CCc1nnc(NC(=O)c2cn(CC)c3ccc(F)cc3c2=O)s1. The van der Waals surface area contributed by atoms with E-state index >= 15 is 0 Å². The van der Waals surface area contributed by atoms with Crippen LogP contribution in [0.3, 0.4) is 0 Å². The second kappa shape index (κ2) is 6.48. The topological polar surface area (TPSA) is 76.9 Å². The highest BCUT2D eigenvalue weighted by Gasteiger charge is 2.17. The Balaban J connectivity index is 2.06. The first-order chi connectivity index (χ1) is 11.5. The highest BCUT2D eigenvalue weighted by atomic mass is 32.1. The van der Waals surface area contributed by atoms with Crippen LogP contribution < -0.4 is 10.7 Å². The number of nitrogens with zero attached hydrogens (tertiary/aromatic N) is 3. The van der Waals surface area contributed by atoms with Crippen molar-refractivity contribution in [1.29, 1.82) is 0 Å². The molecular weight excluding hydrogens is 331 g/mol. The van der Waals surface area contributed by atoms with Gasteiger partial charge in [-0.15, -0.1) is 10.2 Å². The molecule has 24 heavy (non-hydrogen) atoms. The zero-order valence-corrected chi connectivity index (χ0v) is 14.0. The number of hydrogen-bond acceptors (Lipinski definition) is 5. The molecular formula is C16H15FN4O2S. The number of rotatable bonds is 4. The predicted octanol–water partition coefficient (Wildman–Crippen LogP) is 2.83. The number of nitrogens with one attached hydrogen (secondary N) is 1. The van der Waals surface area contributed by atoms with E-state index in [0.717, 1.165) is 11.1 Å². The Morgan fingerprint density at radius 3 is 2.79 bits per heavy atom. The monoisotopic (exact) mass is 346 g/mol. The van der Waals surface area contributed by atoms with Crippen LogP contribution in [-0.2, 0) is 13.0 Å². The first kappa shape index (κ1) is 16.3. The van der Waals surface area contributed by atoms with E-state index in [2.05, 4.69) is 15.5 Å².